The molecule has 0 aromatic rings. The van der Waals surface area contributed by atoms with Gasteiger partial charge in [0.2, 0.25) is 23.6 Å². The molecule has 0 radical (unpaired) electrons. The summed E-state index contributed by atoms with van der Waals surface area (Å²) in [4.78, 5) is 64.5. The Morgan fingerprint density at radius 3 is 1.83 bits per heavy atom. The lowest BCUT2D eigenvalue weighted by Gasteiger charge is -2.16. The number of hydrogen-bond donors (Lipinski definition) is 9. The largest absolute Gasteiger partial charge is 0.480 e. The third-order valence-corrected chi connectivity index (χ3v) is 3.88. The summed E-state index contributed by atoms with van der Waals surface area (Å²) in [7, 11) is 0. The first-order valence-corrected chi connectivity index (χ1v) is 9.67. The summed E-state index contributed by atoms with van der Waals surface area (Å²) in [6.07, 6.45) is -0.235. The van der Waals surface area contributed by atoms with Gasteiger partial charge < -0.3 is 37.6 Å². The average molecular weight is 470 g/mol. The molecule has 0 aromatic heterocycles. The van der Waals surface area contributed by atoms with E-state index in [0.29, 0.717) is 0 Å². The van der Waals surface area contributed by atoms with Gasteiger partial charge in [0.05, 0.1) is 0 Å². The van der Waals surface area contributed by atoms with E-state index >= 15 is 0 Å². The first-order valence-electron chi connectivity index (χ1n) is 8.41. The van der Waals surface area contributed by atoms with Crippen molar-refractivity contribution in [3.8, 4) is 0 Å². The summed E-state index contributed by atoms with van der Waals surface area (Å²) in [5.74, 6) is -4.32. The predicted molar refractivity (Wildman–Crippen MR) is 112 cm³/mol. The van der Waals surface area contributed by atoms with Crippen LogP contribution in [0.25, 0.3) is 0 Å². The highest BCUT2D eigenvalue weighted by Gasteiger charge is 2.21. The maximum Gasteiger partial charge on any atom is 0.322 e. The number of amides is 4. The molecule has 3 atom stereocenters. The van der Waals surface area contributed by atoms with Crippen molar-refractivity contribution in [2.24, 2.45) is 11.5 Å². The normalized spacial score (nSPS) is 12.8. The zero-order valence-corrected chi connectivity index (χ0v) is 17.9. The van der Waals surface area contributed by atoms with Crippen LogP contribution >= 0.6 is 25.3 Å². The summed E-state index contributed by atoms with van der Waals surface area (Å²) < 4.78 is 0. The average Bonchev–Trinajstić information content (AvgIpc) is 2.66. The van der Waals surface area contributed by atoms with Crippen LogP contribution in [0.3, 0.4) is 0 Å². The van der Waals surface area contributed by atoms with Crippen LogP contribution in [0.4, 0.5) is 0 Å². The van der Waals surface area contributed by atoms with Gasteiger partial charge in [0, 0.05) is 24.9 Å². The second-order valence-electron chi connectivity index (χ2n) is 5.74. The number of rotatable bonds is 12. The van der Waals surface area contributed by atoms with E-state index < -0.39 is 54.3 Å². The summed E-state index contributed by atoms with van der Waals surface area (Å²) in [5, 5.41) is 23.7. The van der Waals surface area contributed by atoms with Gasteiger partial charge in [-0.05, 0) is 6.42 Å². The number of carbonyl (C=O) groups is 6. The van der Waals surface area contributed by atoms with Gasteiger partial charge >= 0.3 is 11.9 Å². The van der Waals surface area contributed by atoms with E-state index in [2.05, 4.69) is 41.2 Å². The lowest BCUT2D eigenvalue weighted by Crippen LogP contribution is -2.49. The molecule has 13 nitrogen and oxygen atoms in total. The molecular weight excluding hydrogens is 442 g/mol. The lowest BCUT2D eigenvalue weighted by molar-refractivity contribution is -0.139. The van der Waals surface area contributed by atoms with Gasteiger partial charge in [-0.1, -0.05) is 0 Å². The molecule has 15 heteroatoms. The SMILES string of the molecule is CC(=O)N[C@@H](CS)C(N)=O.NC(CCC(=O)NC(CS)C(=O)NCC(=O)O)C(=O)O. The molecule has 30 heavy (non-hydrogen) atoms. The molecule has 9 N–H and O–H groups in total. The fourth-order valence-electron chi connectivity index (χ4n) is 1.61. The van der Waals surface area contributed by atoms with E-state index in [0.717, 1.165) is 0 Å². The molecule has 0 aliphatic rings. The third kappa shape index (κ3) is 15.4. The van der Waals surface area contributed by atoms with Gasteiger partial charge in [-0.15, -0.1) is 0 Å². The Morgan fingerprint density at radius 1 is 0.967 bits per heavy atom. The number of nitrogens with one attached hydrogen (secondary N) is 3. The molecule has 4 amide bonds. The number of carbonyl (C=O) groups excluding carboxylic acids is 4. The fourth-order valence-corrected chi connectivity index (χ4v) is 2.14. The molecule has 0 saturated heterocycles. The van der Waals surface area contributed by atoms with Gasteiger partial charge in [0.15, 0.2) is 0 Å². The van der Waals surface area contributed by atoms with Crippen molar-refractivity contribution >= 4 is 60.8 Å². The van der Waals surface area contributed by atoms with Crippen molar-refractivity contribution in [3.05, 3.63) is 0 Å². The predicted octanol–water partition coefficient (Wildman–Crippen LogP) is -3.30. The van der Waals surface area contributed by atoms with Crippen LogP contribution in [0, 0.1) is 0 Å². The van der Waals surface area contributed by atoms with E-state index in [1.165, 1.54) is 6.92 Å². The van der Waals surface area contributed by atoms with Crippen molar-refractivity contribution in [2.45, 2.75) is 37.9 Å². The van der Waals surface area contributed by atoms with E-state index in [9.17, 15) is 28.8 Å². The standard InChI is InChI=1S/C10H17N3O6S.C5H10N2O2S/c11-5(10(18)19)1-2-7(14)13-6(4-20)9(17)12-3-8(15)16;1-3(8)7-4(2-10)5(6)9/h5-6,20H,1-4,11H2,(H,12,17)(H,13,14)(H,15,16)(H,18,19);4,10H,2H2,1H3,(H2,6,9)(H,7,8)/t;4-/m.0/s1. The monoisotopic (exact) mass is 469 g/mol. The zero-order chi connectivity index (χ0) is 23.9. The Morgan fingerprint density at radius 2 is 1.50 bits per heavy atom. The second-order valence-corrected chi connectivity index (χ2v) is 6.47. The minimum absolute atomic E-state index is 0.0256. The highest BCUT2D eigenvalue weighted by Crippen LogP contribution is 1.97. The number of thiol groups is 2. The fraction of sp³-hybridized carbons (Fsp3) is 0.600. The summed E-state index contributed by atoms with van der Waals surface area (Å²) in [6, 6.07) is -2.80. The van der Waals surface area contributed by atoms with Crippen LogP contribution in [-0.2, 0) is 28.8 Å². The topological polar surface area (TPSA) is 231 Å². The van der Waals surface area contributed by atoms with Gasteiger partial charge in [0.1, 0.15) is 24.7 Å². The Kier molecular flexibility index (Phi) is 16.1. The maximum atomic E-state index is 11.5. The van der Waals surface area contributed by atoms with Crippen molar-refractivity contribution in [1.29, 1.82) is 0 Å². The molecule has 0 fully saturated rings. The van der Waals surface area contributed by atoms with Gasteiger partial charge in [-0.25, -0.2) is 0 Å². The number of carboxylic acids is 2. The molecule has 0 spiro atoms. The van der Waals surface area contributed by atoms with Gasteiger partial charge in [0.25, 0.3) is 0 Å². The quantitative estimate of drug-likeness (QED) is 0.130. The number of carboxylic acid groups (broad SMARTS) is 2. The summed E-state index contributed by atoms with van der Waals surface area (Å²) >= 11 is 7.69. The molecule has 0 aliphatic heterocycles. The van der Waals surface area contributed by atoms with Crippen LogP contribution in [0.15, 0.2) is 0 Å². The maximum absolute atomic E-state index is 11.5. The highest BCUT2D eigenvalue weighted by molar-refractivity contribution is 7.80. The molecule has 0 aliphatic carbocycles. The number of nitrogens with two attached hydrogens (primary N) is 2. The minimum Gasteiger partial charge on any atom is -0.480 e. The van der Waals surface area contributed by atoms with E-state index in [1.54, 1.807) is 0 Å². The van der Waals surface area contributed by atoms with E-state index in [1.807, 2.05) is 0 Å². The number of hydrogen-bond acceptors (Lipinski definition) is 9. The molecular formula is C15H27N5O8S2. The molecule has 2 unspecified atom stereocenters. The number of aliphatic carboxylic acids is 2. The Bertz CT molecular complexity index is 634. The molecule has 0 heterocycles. The first kappa shape index (κ1) is 29.7. The Labute approximate surface area is 183 Å². The van der Waals surface area contributed by atoms with E-state index in [4.69, 9.17) is 21.7 Å². The summed E-state index contributed by atoms with van der Waals surface area (Å²) in [5.41, 5.74) is 10.1. The van der Waals surface area contributed by atoms with Crippen LogP contribution in [0.2, 0.25) is 0 Å². The van der Waals surface area contributed by atoms with Crippen molar-refractivity contribution in [2.75, 3.05) is 18.1 Å². The van der Waals surface area contributed by atoms with Gasteiger partial charge in [-0.2, -0.15) is 25.3 Å². The van der Waals surface area contributed by atoms with E-state index in [-0.39, 0.29) is 30.3 Å². The third-order valence-electron chi connectivity index (χ3n) is 3.15. The minimum atomic E-state index is -1.22. The van der Waals surface area contributed by atoms with Crippen molar-refractivity contribution in [3.63, 3.8) is 0 Å². The van der Waals surface area contributed by atoms with Gasteiger partial charge in [-0.3, -0.25) is 28.8 Å². The molecule has 0 saturated carbocycles. The number of primary amides is 1. The van der Waals surface area contributed by atoms with Crippen molar-refractivity contribution in [1.82, 2.24) is 16.0 Å². The van der Waals surface area contributed by atoms with Crippen LogP contribution in [0.1, 0.15) is 19.8 Å². The molecule has 0 bridgehead atoms. The smallest absolute Gasteiger partial charge is 0.322 e. The second kappa shape index (κ2) is 16.3. The Balaban J connectivity index is 0. The van der Waals surface area contributed by atoms with Crippen LogP contribution in [-0.4, -0.2) is 82.0 Å². The van der Waals surface area contributed by atoms with Crippen molar-refractivity contribution < 1.29 is 39.0 Å². The molecule has 172 valence electrons. The summed E-state index contributed by atoms with van der Waals surface area (Å²) in [6.45, 7) is 0.752. The molecule has 0 aromatic carbocycles. The first-order chi connectivity index (χ1) is 13.8. The lowest BCUT2D eigenvalue weighted by atomic mass is 10.1. The molecule has 0 rings (SSSR count). The highest BCUT2D eigenvalue weighted by atomic mass is 32.1. The zero-order valence-electron chi connectivity index (χ0n) is 16.2. The van der Waals surface area contributed by atoms with Crippen LogP contribution < -0.4 is 27.4 Å². The Hall–Kier alpha value is -2.52. The van der Waals surface area contributed by atoms with Crippen LogP contribution in [0.5, 0.6) is 0 Å².